The van der Waals surface area contributed by atoms with Crippen LogP contribution in [-0.4, -0.2) is 6.18 Å². The lowest BCUT2D eigenvalue weighted by Crippen LogP contribution is -2.36. The summed E-state index contributed by atoms with van der Waals surface area (Å²) in [6.07, 6.45) is -3.41. The van der Waals surface area contributed by atoms with Crippen LogP contribution in [0.15, 0.2) is 24.3 Å². The highest BCUT2D eigenvalue weighted by molar-refractivity contribution is 5.30. The molecule has 96 valence electrons. The van der Waals surface area contributed by atoms with E-state index >= 15 is 0 Å². The van der Waals surface area contributed by atoms with Crippen molar-refractivity contribution >= 4 is 0 Å². The first-order valence-corrected chi connectivity index (χ1v) is 5.80. The van der Waals surface area contributed by atoms with E-state index in [-0.39, 0.29) is 0 Å². The van der Waals surface area contributed by atoms with E-state index in [1.54, 1.807) is 18.2 Å². The van der Waals surface area contributed by atoms with Crippen LogP contribution in [0.25, 0.3) is 0 Å². The molecule has 0 aromatic heterocycles. The summed E-state index contributed by atoms with van der Waals surface area (Å²) in [5, 5.41) is 0. The predicted molar refractivity (Wildman–Crippen MR) is 64.1 cm³/mol. The maximum absolute atomic E-state index is 12.9. The van der Waals surface area contributed by atoms with Gasteiger partial charge in [0, 0.05) is 0 Å². The van der Waals surface area contributed by atoms with E-state index in [2.05, 4.69) is 13.8 Å². The highest BCUT2D eigenvalue weighted by Crippen LogP contribution is 2.40. The van der Waals surface area contributed by atoms with Crippen LogP contribution in [0.2, 0.25) is 0 Å². The van der Waals surface area contributed by atoms with Gasteiger partial charge in [0.05, 0.1) is 5.41 Å². The second kappa shape index (κ2) is 4.71. The Hall–Kier alpha value is -0.990. The Kier molecular flexibility index (Phi) is 3.90. The molecule has 0 amide bonds. The first kappa shape index (κ1) is 14.1. The van der Waals surface area contributed by atoms with E-state index in [9.17, 15) is 13.2 Å². The Morgan fingerprint density at radius 2 is 1.71 bits per heavy atom. The molecule has 0 saturated carbocycles. The summed E-state index contributed by atoms with van der Waals surface area (Å²) in [5.74, 6) is 0.444. The number of hydrogen-bond acceptors (Lipinski definition) is 0. The molecule has 0 aliphatic carbocycles. The molecule has 0 aliphatic heterocycles. The quantitative estimate of drug-likeness (QED) is 0.721. The van der Waals surface area contributed by atoms with Crippen molar-refractivity contribution in [3.05, 3.63) is 35.4 Å². The Morgan fingerprint density at radius 3 is 2.18 bits per heavy atom. The topological polar surface area (TPSA) is 0 Å². The highest BCUT2D eigenvalue weighted by Gasteiger charge is 2.48. The minimum absolute atomic E-state index is 0.336. The fraction of sp³-hybridized carbons (Fsp3) is 0.571. The Labute approximate surface area is 101 Å². The first-order valence-electron chi connectivity index (χ1n) is 5.80. The standard InChI is InChI=1S/C14H19F3/c1-10(2)8-11-6-5-7-12(9-11)13(3,4)14(15,16)17/h5-7,9-10H,8H2,1-4H3. The molecule has 0 unspecified atom stereocenters. The lowest BCUT2D eigenvalue weighted by Gasteiger charge is -2.28. The van der Waals surface area contributed by atoms with Crippen LogP contribution < -0.4 is 0 Å². The van der Waals surface area contributed by atoms with E-state index in [4.69, 9.17) is 0 Å². The van der Waals surface area contributed by atoms with Gasteiger partial charge in [-0.15, -0.1) is 0 Å². The average Bonchev–Trinajstić information content (AvgIpc) is 2.15. The van der Waals surface area contributed by atoms with Crippen molar-refractivity contribution < 1.29 is 13.2 Å². The van der Waals surface area contributed by atoms with Gasteiger partial charge in [-0.25, -0.2) is 0 Å². The molecule has 0 bridgehead atoms. The number of alkyl halides is 3. The van der Waals surface area contributed by atoms with Gasteiger partial charge in [-0.3, -0.25) is 0 Å². The van der Waals surface area contributed by atoms with E-state index in [0.29, 0.717) is 11.5 Å². The molecule has 1 aromatic rings. The van der Waals surface area contributed by atoms with Crippen molar-refractivity contribution in [3.8, 4) is 0 Å². The summed E-state index contributed by atoms with van der Waals surface area (Å²) < 4.78 is 38.7. The number of halogens is 3. The molecule has 1 rings (SSSR count). The van der Waals surface area contributed by atoms with Gasteiger partial charge in [-0.05, 0) is 37.3 Å². The molecule has 0 spiro atoms. The zero-order chi connectivity index (χ0) is 13.3. The molecule has 0 radical (unpaired) electrons. The third-order valence-electron chi connectivity index (χ3n) is 3.00. The summed E-state index contributed by atoms with van der Waals surface area (Å²) in [4.78, 5) is 0. The fourth-order valence-electron chi connectivity index (χ4n) is 1.72. The van der Waals surface area contributed by atoms with Crippen molar-refractivity contribution in [1.82, 2.24) is 0 Å². The third-order valence-corrected chi connectivity index (χ3v) is 3.00. The van der Waals surface area contributed by atoms with E-state index in [0.717, 1.165) is 12.0 Å². The molecule has 1 aromatic carbocycles. The predicted octanol–water partition coefficient (Wildman–Crippen LogP) is 4.73. The molecule has 3 heteroatoms. The molecule has 0 heterocycles. The van der Waals surface area contributed by atoms with Crippen LogP contribution in [0.4, 0.5) is 13.2 Å². The molecule has 0 nitrogen and oxygen atoms in total. The Balaban J connectivity index is 3.07. The second-order valence-corrected chi connectivity index (χ2v) is 5.42. The van der Waals surface area contributed by atoms with Gasteiger partial charge in [0.15, 0.2) is 0 Å². The van der Waals surface area contributed by atoms with E-state index < -0.39 is 11.6 Å². The number of rotatable bonds is 3. The van der Waals surface area contributed by atoms with Gasteiger partial charge in [-0.1, -0.05) is 38.1 Å². The van der Waals surface area contributed by atoms with Gasteiger partial charge in [0.1, 0.15) is 0 Å². The van der Waals surface area contributed by atoms with Crippen LogP contribution in [0.5, 0.6) is 0 Å². The molecule has 0 aliphatic rings. The van der Waals surface area contributed by atoms with Crippen molar-refractivity contribution in [2.75, 3.05) is 0 Å². The summed E-state index contributed by atoms with van der Waals surface area (Å²) in [6.45, 7) is 6.56. The molecule has 0 atom stereocenters. The van der Waals surface area contributed by atoms with Crippen LogP contribution in [0.3, 0.4) is 0 Å². The maximum atomic E-state index is 12.9. The lowest BCUT2D eigenvalue weighted by atomic mass is 9.82. The largest absolute Gasteiger partial charge is 0.397 e. The van der Waals surface area contributed by atoms with Crippen LogP contribution in [0, 0.1) is 5.92 Å². The lowest BCUT2D eigenvalue weighted by molar-refractivity contribution is -0.180. The fourth-order valence-corrected chi connectivity index (χ4v) is 1.72. The first-order chi connectivity index (χ1) is 7.64. The molecule has 0 fully saturated rings. The number of hydrogen-bond donors (Lipinski definition) is 0. The Morgan fingerprint density at radius 1 is 1.12 bits per heavy atom. The smallest absolute Gasteiger partial charge is 0.170 e. The zero-order valence-corrected chi connectivity index (χ0v) is 10.7. The molecular formula is C14H19F3. The Bertz CT molecular complexity index is 375. The van der Waals surface area contributed by atoms with Crippen LogP contribution in [-0.2, 0) is 11.8 Å². The van der Waals surface area contributed by atoms with Gasteiger partial charge >= 0.3 is 6.18 Å². The van der Waals surface area contributed by atoms with Crippen molar-refractivity contribution in [3.63, 3.8) is 0 Å². The minimum atomic E-state index is -4.22. The molecule has 0 saturated heterocycles. The molecule has 17 heavy (non-hydrogen) atoms. The van der Waals surface area contributed by atoms with Gasteiger partial charge in [0.2, 0.25) is 0 Å². The second-order valence-electron chi connectivity index (χ2n) is 5.42. The summed E-state index contributed by atoms with van der Waals surface area (Å²) in [6, 6.07) is 6.82. The van der Waals surface area contributed by atoms with Gasteiger partial charge in [-0.2, -0.15) is 13.2 Å². The monoisotopic (exact) mass is 244 g/mol. The van der Waals surface area contributed by atoms with Crippen molar-refractivity contribution in [1.29, 1.82) is 0 Å². The average molecular weight is 244 g/mol. The summed E-state index contributed by atoms with van der Waals surface area (Å²) in [7, 11) is 0. The third kappa shape index (κ3) is 3.24. The molecular weight excluding hydrogens is 225 g/mol. The zero-order valence-electron chi connectivity index (χ0n) is 10.7. The van der Waals surface area contributed by atoms with E-state index in [1.165, 1.54) is 13.8 Å². The molecule has 0 N–H and O–H groups in total. The summed E-state index contributed by atoms with van der Waals surface area (Å²) >= 11 is 0. The van der Waals surface area contributed by atoms with Crippen molar-refractivity contribution in [2.24, 2.45) is 5.92 Å². The SMILES string of the molecule is CC(C)Cc1cccc(C(C)(C)C(F)(F)F)c1. The summed E-state index contributed by atoms with van der Waals surface area (Å²) in [5.41, 5.74) is -0.488. The normalized spacial score (nSPS) is 13.2. The highest BCUT2D eigenvalue weighted by atomic mass is 19.4. The minimum Gasteiger partial charge on any atom is -0.170 e. The van der Waals surface area contributed by atoms with Crippen molar-refractivity contribution in [2.45, 2.75) is 45.7 Å². The van der Waals surface area contributed by atoms with Crippen LogP contribution >= 0.6 is 0 Å². The van der Waals surface area contributed by atoms with E-state index in [1.807, 2.05) is 6.07 Å². The number of benzene rings is 1. The van der Waals surface area contributed by atoms with Crippen LogP contribution in [0.1, 0.15) is 38.8 Å². The maximum Gasteiger partial charge on any atom is 0.397 e. The van der Waals surface area contributed by atoms with Gasteiger partial charge < -0.3 is 0 Å². The van der Waals surface area contributed by atoms with Gasteiger partial charge in [0.25, 0.3) is 0 Å².